The molecule has 11 heteroatoms. The topological polar surface area (TPSA) is 87.6 Å². The maximum absolute atomic E-state index is 10.5. The zero-order chi connectivity index (χ0) is 20.8. The Balaban J connectivity index is 0.000000408. The van der Waals surface area contributed by atoms with Gasteiger partial charge in [-0.25, -0.2) is 9.97 Å². The molecule has 2 aromatic heterocycles. The van der Waals surface area contributed by atoms with Crippen molar-refractivity contribution < 1.29 is 23.8 Å². The van der Waals surface area contributed by atoms with Crippen LogP contribution in [0.15, 0.2) is 18.2 Å². The minimum Gasteiger partial charge on any atom is -0.497 e. The van der Waals surface area contributed by atoms with E-state index < -0.39 is 0 Å². The molecular formula is C16H16Cl4N2O5. The molecule has 2 aromatic rings. The first-order valence-corrected chi connectivity index (χ1v) is 8.61. The Morgan fingerprint density at radius 3 is 1.85 bits per heavy atom. The standard InChI is InChI=1S/C7H5Cl2NO2.C6H5Cl2NO.C3H6O2/c1-12-5-2-6(8)10-7(9)4(5)3-11;1-10-4-2-5(7)9-6(8)3-4;1-2-5-3-4/h2-3H,1H3;2-3H,1H3;3H,2H2,1H3. The molecule has 0 atom stereocenters. The number of hydrogen-bond acceptors (Lipinski definition) is 7. The van der Waals surface area contributed by atoms with Crippen LogP contribution in [-0.2, 0) is 9.53 Å². The van der Waals surface area contributed by atoms with Crippen LogP contribution >= 0.6 is 46.4 Å². The Bertz CT molecular complexity index is 727. The van der Waals surface area contributed by atoms with Gasteiger partial charge in [0, 0.05) is 18.2 Å². The van der Waals surface area contributed by atoms with E-state index in [2.05, 4.69) is 14.7 Å². The summed E-state index contributed by atoms with van der Waals surface area (Å²) in [6.07, 6.45) is 0.574. The minimum atomic E-state index is 0.0503. The fourth-order valence-corrected chi connectivity index (χ4v) is 2.27. The molecule has 0 N–H and O–H groups in total. The molecule has 0 saturated heterocycles. The van der Waals surface area contributed by atoms with Crippen LogP contribution in [-0.4, -0.2) is 43.6 Å². The van der Waals surface area contributed by atoms with Crippen LogP contribution in [0.25, 0.3) is 0 Å². The number of nitrogens with zero attached hydrogens (tertiary/aromatic N) is 2. The lowest BCUT2D eigenvalue weighted by Gasteiger charge is -2.03. The number of ether oxygens (including phenoxy) is 3. The molecule has 0 saturated carbocycles. The molecule has 148 valence electrons. The molecule has 0 fully saturated rings. The number of aromatic nitrogens is 2. The molecule has 7 nitrogen and oxygen atoms in total. The lowest BCUT2D eigenvalue weighted by molar-refractivity contribution is -0.128. The number of halogens is 4. The number of rotatable bonds is 5. The van der Waals surface area contributed by atoms with Crippen LogP contribution < -0.4 is 9.47 Å². The predicted molar refractivity (Wildman–Crippen MR) is 105 cm³/mol. The zero-order valence-corrected chi connectivity index (χ0v) is 17.6. The zero-order valence-electron chi connectivity index (χ0n) is 14.5. The van der Waals surface area contributed by atoms with Crippen molar-refractivity contribution in [3.05, 3.63) is 44.4 Å². The first-order valence-electron chi connectivity index (χ1n) is 7.10. The highest BCUT2D eigenvalue weighted by atomic mass is 35.5. The highest BCUT2D eigenvalue weighted by Crippen LogP contribution is 2.25. The summed E-state index contributed by atoms with van der Waals surface area (Å²) in [6.45, 7) is 2.66. The molecule has 0 aromatic carbocycles. The largest absolute Gasteiger partial charge is 0.497 e. The summed E-state index contributed by atoms with van der Waals surface area (Å²) in [7, 11) is 2.97. The average Bonchev–Trinajstić information content (AvgIpc) is 2.62. The van der Waals surface area contributed by atoms with Crippen LogP contribution in [0.1, 0.15) is 17.3 Å². The molecule has 0 unspecified atom stereocenters. The van der Waals surface area contributed by atoms with Gasteiger partial charge in [0.05, 0.1) is 26.4 Å². The van der Waals surface area contributed by atoms with Gasteiger partial charge in [0.25, 0.3) is 6.47 Å². The number of carbonyl (C=O) groups is 2. The van der Waals surface area contributed by atoms with Crippen LogP contribution in [0.3, 0.4) is 0 Å². The number of methoxy groups -OCH3 is 2. The summed E-state index contributed by atoms with van der Waals surface area (Å²) in [5, 5.41) is 0.922. The second-order valence-electron chi connectivity index (χ2n) is 4.17. The second-order valence-corrected chi connectivity index (χ2v) is 5.69. The van der Waals surface area contributed by atoms with Crippen molar-refractivity contribution in [3.63, 3.8) is 0 Å². The predicted octanol–water partition coefficient (Wildman–Crippen LogP) is 4.79. The van der Waals surface area contributed by atoms with E-state index in [0.717, 1.165) is 0 Å². The van der Waals surface area contributed by atoms with Crippen molar-refractivity contribution >= 4 is 59.2 Å². The molecule has 0 aliphatic rings. The smallest absolute Gasteiger partial charge is 0.293 e. The maximum Gasteiger partial charge on any atom is 0.293 e. The molecule has 2 rings (SSSR count). The normalized spacial score (nSPS) is 9.00. The van der Waals surface area contributed by atoms with E-state index in [1.54, 1.807) is 26.2 Å². The second kappa shape index (κ2) is 14.3. The SMILES string of the molecule is CCOC=O.COc1cc(Cl)nc(Cl)c1.COc1cc(Cl)nc(Cl)c1C=O. The van der Waals surface area contributed by atoms with Crippen molar-refractivity contribution in [1.82, 2.24) is 9.97 Å². The van der Waals surface area contributed by atoms with Gasteiger partial charge < -0.3 is 14.2 Å². The van der Waals surface area contributed by atoms with Crippen LogP contribution in [0.5, 0.6) is 11.5 Å². The molecule has 0 amide bonds. The molecule has 0 radical (unpaired) electrons. The van der Waals surface area contributed by atoms with Crippen LogP contribution in [0.4, 0.5) is 0 Å². The van der Waals surface area contributed by atoms with Crippen molar-refractivity contribution in [1.29, 1.82) is 0 Å². The van der Waals surface area contributed by atoms with Gasteiger partial charge in [0.15, 0.2) is 6.29 Å². The Morgan fingerprint density at radius 1 is 0.926 bits per heavy atom. The summed E-state index contributed by atoms with van der Waals surface area (Å²) >= 11 is 22.3. The fourth-order valence-electron chi connectivity index (χ4n) is 1.38. The Hall–Kier alpha value is -1.80. The van der Waals surface area contributed by atoms with Crippen LogP contribution in [0.2, 0.25) is 20.6 Å². The van der Waals surface area contributed by atoms with Gasteiger partial charge in [-0.05, 0) is 6.92 Å². The van der Waals surface area contributed by atoms with Gasteiger partial charge in [-0.15, -0.1) is 0 Å². The Morgan fingerprint density at radius 2 is 1.48 bits per heavy atom. The van der Waals surface area contributed by atoms with Crippen molar-refractivity contribution in [2.24, 2.45) is 0 Å². The summed E-state index contributed by atoms with van der Waals surface area (Å²) in [6, 6.07) is 4.61. The van der Waals surface area contributed by atoms with Gasteiger partial charge >= 0.3 is 0 Å². The number of carbonyl (C=O) groups excluding carboxylic acids is 2. The van der Waals surface area contributed by atoms with Crippen molar-refractivity contribution in [3.8, 4) is 11.5 Å². The Kier molecular flexibility index (Phi) is 13.3. The molecule has 0 bridgehead atoms. The molecule has 0 aliphatic carbocycles. The lowest BCUT2D eigenvalue weighted by atomic mass is 10.3. The Labute approximate surface area is 176 Å². The quantitative estimate of drug-likeness (QED) is 0.471. The van der Waals surface area contributed by atoms with Crippen molar-refractivity contribution in [2.75, 3.05) is 20.8 Å². The van der Waals surface area contributed by atoms with Crippen molar-refractivity contribution in [2.45, 2.75) is 6.92 Å². The average molecular weight is 458 g/mol. The van der Waals surface area contributed by atoms with E-state index in [9.17, 15) is 9.59 Å². The fraction of sp³-hybridized carbons (Fsp3) is 0.250. The van der Waals surface area contributed by atoms with Gasteiger partial charge in [-0.1, -0.05) is 46.4 Å². The minimum absolute atomic E-state index is 0.0503. The van der Waals surface area contributed by atoms with Gasteiger partial charge in [0.1, 0.15) is 32.1 Å². The van der Waals surface area contributed by atoms with Gasteiger partial charge in [0.2, 0.25) is 0 Å². The van der Waals surface area contributed by atoms with E-state index in [0.29, 0.717) is 41.2 Å². The maximum atomic E-state index is 10.5. The third-order valence-corrected chi connectivity index (χ3v) is 3.36. The summed E-state index contributed by atoms with van der Waals surface area (Å²) in [4.78, 5) is 27.1. The van der Waals surface area contributed by atoms with E-state index in [-0.39, 0.29) is 15.9 Å². The highest BCUT2D eigenvalue weighted by molar-refractivity contribution is 6.34. The first-order chi connectivity index (χ1) is 12.8. The number of hydrogen-bond donors (Lipinski definition) is 0. The molecule has 2 heterocycles. The van der Waals surface area contributed by atoms with E-state index >= 15 is 0 Å². The third kappa shape index (κ3) is 10.2. The highest BCUT2D eigenvalue weighted by Gasteiger charge is 2.09. The summed E-state index contributed by atoms with van der Waals surface area (Å²) in [5.41, 5.74) is 0.212. The monoisotopic (exact) mass is 456 g/mol. The summed E-state index contributed by atoms with van der Waals surface area (Å²) in [5.74, 6) is 0.944. The lowest BCUT2D eigenvalue weighted by Crippen LogP contribution is -1.93. The molecule has 0 aliphatic heterocycles. The molecule has 27 heavy (non-hydrogen) atoms. The molecule has 0 spiro atoms. The van der Waals surface area contributed by atoms with Crippen LogP contribution in [0, 0.1) is 0 Å². The van der Waals surface area contributed by atoms with E-state index in [1.807, 2.05) is 0 Å². The number of aldehydes is 1. The van der Waals surface area contributed by atoms with E-state index in [4.69, 9.17) is 55.9 Å². The third-order valence-electron chi connectivity index (χ3n) is 2.49. The van der Waals surface area contributed by atoms with Gasteiger partial charge in [-0.3, -0.25) is 9.59 Å². The van der Waals surface area contributed by atoms with Gasteiger partial charge in [-0.2, -0.15) is 0 Å². The summed E-state index contributed by atoms with van der Waals surface area (Å²) < 4.78 is 13.9. The molecular weight excluding hydrogens is 442 g/mol. The van der Waals surface area contributed by atoms with E-state index in [1.165, 1.54) is 13.2 Å². The first kappa shape index (κ1) is 25.2. The number of pyridine rings is 2.